The van der Waals surface area contributed by atoms with Crippen LogP contribution in [0.25, 0.3) is 5.82 Å². The maximum absolute atomic E-state index is 12.6. The number of carbonyl (C=O) groups excluding carboxylic acids is 1. The molecule has 4 rings (SSSR count). The Bertz CT molecular complexity index is 826. The highest BCUT2D eigenvalue weighted by molar-refractivity contribution is 5.92. The lowest BCUT2D eigenvalue weighted by Crippen LogP contribution is -2.49. The van der Waals surface area contributed by atoms with Crippen LogP contribution in [0.15, 0.2) is 49.2 Å². The van der Waals surface area contributed by atoms with Crippen LogP contribution in [0, 0.1) is 0 Å². The maximum atomic E-state index is 12.6. The Morgan fingerprint density at radius 2 is 1.84 bits per heavy atom. The van der Waals surface area contributed by atoms with E-state index in [1.165, 1.54) is 17.3 Å². The molecule has 9 nitrogen and oxygen atoms in total. The van der Waals surface area contributed by atoms with E-state index in [0.717, 1.165) is 18.9 Å². The van der Waals surface area contributed by atoms with Gasteiger partial charge < -0.3 is 9.80 Å². The number of pyridine rings is 1. The molecule has 0 radical (unpaired) electrons. The smallest absolute Gasteiger partial charge is 0.274 e. The molecule has 0 aliphatic carbocycles. The summed E-state index contributed by atoms with van der Waals surface area (Å²) in [7, 11) is 0. The molecule has 126 valence electrons. The van der Waals surface area contributed by atoms with Gasteiger partial charge in [0.2, 0.25) is 0 Å². The van der Waals surface area contributed by atoms with Crippen molar-refractivity contribution in [1.82, 2.24) is 34.8 Å². The summed E-state index contributed by atoms with van der Waals surface area (Å²) in [5, 5.41) is 12.1. The van der Waals surface area contributed by atoms with E-state index in [9.17, 15) is 4.79 Å². The van der Waals surface area contributed by atoms with Crippen LogP contribution in [-0.2, 0) is 0 Å². The number of carbonyl (C=O) groups is 1. The Balaban J connectivity index is 1.40. The van der Waals surface area contributed by atoms with Gasteiger partial charge >= 0.3 is 0 Å². The van der Waals surface area contributed by atoms with E-state index in [1.807, 2.05) is 18.2 Å². The minimum absolute atomic E-state index is 0.113. The van der Waals surface area contributed by atoms with Crippen LogP contribution in [0.4, 0.5) is 5.82 Å². The molecule has 0 aromatic carbocycles. The van der Waals surface area contributed by atoms with Crippen molar-refractivity contribution in [2.45, 2.75) is 0 Å². The van der Waals surface area contributed by atoms with E-state index in [1.54, 1.807) is 23.2 Å². The molecule has 1 fully saturated rings. The predicted molar refractivity (Wildman–Crippen MR) is 89.3 cm³/mol. The summed E-state index contributed by atoms with van der Waals surface area (Å²) in [6, 6.07) is 9.21. The SMILES string of the molecule is O=C(c1ccc(-n2cncn2)nn1)N1CCN(c2ccccn2)CC1. The van der Waals surface area contributed by atoms with Gasteiger partial charge in [-0.25, -0.2) is 14.6 Å². The molecule has 25 heavy (non-hydrogen) atoms. The van der Waals surface area contributed by atoms with Gasteiger partial charge in [0.15, 0.2) is 11.5 Å². The number of hydrogen-bond donors (Lipinski definition) is 0. The van der Waals surface area contributed by atoms with Gasteiger partial charge in [0.25, 0.3) is 5.91 Å². The van der Waals surface area contributed by atoms with Crippen molar-refractivity contribution < 1.29 is 4.79 Å². The number of rotatable bonds is 3. The molecule has 0 saturated carbocycles. The Morgan fingerprint density at radius 1 is 0.960 bits per heavy atom. The quantitative estimate of drug-likeness (QED) is 0.684. The number of nitrogens with zero attached hydrogens (tertiary/aromatic N) is 8. The summed E-state index contributed by atoms with van der Waals surface area (Å²) >= 11 is 0. The fourth-order valence-electron chi connectivity index (χ4n) is 2.73. The Morgan fingerprint density at radius 3 is 2.48 bits per heavy atom. The zero-order valence-corrected chi connectivity index (χ0v) is 13.4. The molecule has 0 unspecified atom stereocenters. The van der Waals surface area contributed by atoms with Crippen LogP contribution < -0.4 is 4.90 Å². The number of hydrogen-bond acceptors (Lipinski definition) is 7. The van der Waals surface area contributed by atoms with Crippen LogP contribution in [0.2, 0.25) is 0 Å². The van der Waals surface area contributed by atoms with Gasteiger partial charge in [-0.1, -0.05) is 6.07 Å². The molecular weight excluding hydrogens is 320 g/mol. The molecule has 4 heterocycles. The van der Waals surface area contributed by atoms with E-state index in [0.29, 0.717) is 24.6 Å². The number of piperazine rings is 1. The summed E-state index contributed by atoms with van der Waals surface area (Å²) in [4.78, 5) is 24.8. The van der Waals surface area contributed by atoms with Crippen molar-refractivity contribution in [1.29, 1.82) is 0 Å². The molecule has 3 aromatic heterocycles. The fourth-order valence-corrected chi connectivity index (χ4v) is 2.73. The molecule has 0 spiro atoms. The second-order valence-corrected chi connectivity index (χ2v) is 5.58. The van der Waals surface area contributed by atoms with Crippen molar-refractivity contribution in [2.24, 2.45) is 0 Å². The van der Waals surface area contributed by atoms with Gasteiger partial charge in [0.1, 0.15) is 18.5 Å². The Labute approximate surface area is 143 Å². The third kappa shape index (κ3) is 3.16. The highest BCUT2D eigenvalue weighted by atomic mass is 16.2. The van der Waals surface area contributed by atoms with E-state index in [-0.39, 0.29) is 5.91 Å². The normalized spacial score (nSPS) is 14.6. The minimum Gasteiger partial charge on any atom is -0.353 e. The van der Waals surface area contributed by atoms with Gasteiger partial charge in [-0.2, -0.15) is 5.10 Å². The summed E-state index contributed by atoms with van der Waals surface area (Å²) in [6.45, 7) is 2.74. The first-order valence-corrected chi connectivity index (χ1v) is 7.95. The lowest BCUT2D eigenvalue weighted by atomic mass is 10.2. The van der Waals surface area contributed by atoms with Crippen molar-refractivity contribution in [3.05, 3.63) is 54.9 Å². The maximum Gasteiger partial charge on any atom is 0.274 e. The highest BCUT2D eigenvalue weighted by Gasteiger charge is 2.23. The molecule has 1 saturated heterocycles. The Kier molecular flexibility index (Phi) is 4.03. The highest BCUT2D eigenvalue weighted by Crippen LogP contribution is 2.14. The van der Waals surface area contributed by atoms with E-state index < -0.39 is 0 Å². The van der Waals surface area contributed by atoms with Crippen molar-refractivity contribution in [2.75, 3.05) is 31.1 Å². The fraction of sp³-hybridized carbons (Fsp3) is 0.250. The third-order valence-corrected chi connectivity index (χ3v) is 4.06. The van der Waals surface area contributed by atoms with Crippen LogP contribution in [0.3, 0.4) is 0 Å². The van der Waals surface area contributed by atoms with Gasteiger partial charge in [-0.3, -0.25) is 4.79 Å². The minimum atomic E-state index is -0.113. The first-order chi connectivity index (χ1) is 12.3. The topological polar surface area (TPSA) is 92.9 Å². The van der Waals surface area contributed by atoms with Gasteiger partial charge in [0.05, 0.1) is 0 Å². The second-order valence-electron chi connectivity index (χ2n) is 5.58. The van der Waals surface area contributed by atoms with Crippen LogP contribution in [0.1, 0.15) is 10.5 Å². The second kappa shape index (κ2) is 6.63. The van der Waals surface area contributed by atoms with Crippen LogP contribution >= 0.6 is 0 Å². The zero-order valence-electron chi connectivity index (χ0n) is 13.4. The average Bonchev–Trinajstić information content (AvgIpc) is 3.23. The molecule has 0 N–H and O–H groups in total. The molecule has 9 heteroatoms. The average molecular weight is 336 g/mol. The van der Waals surface area contributed by atoms with Gasteiger partial charge in [0, 0.05) is 32.4 Å². The summed E-state index contributed by atoms with van der Waals surface area (Å²) in [5.41, 5.74) is 0.329. The molecule has 1 aliphatic rings. The first-order valence-electron chi connectivity index (χ1n) is 7.95. The van der Waals surface area contributed by atoms with E-state index >= 15 is 0 Å². The van der Waals surface area contributed by atoms with Crippen molar-refractivity contribution in [3.63, 3.8) is 0 Å². The predicted octanol–water partition coefficient (Wildman–Crippen LogP) is 0.415. The van der Waals surface area contributed by atoms with Crippen molar-refractivity contribution in [3.8, 4) is 5.82 Å². The zero-order chi connectivity index (χ0) is 17.1. The summed E-state index contributed by atoms with van der Waals surface area (Å²) in [5.74, 6) is 1.35. The van der Waals surface area contributed by atoms with Crippen LogP contribution in [0.5, 0.6) is 0 Å². The summed E-state index contributed by atoms with van der Waals surface area (Å²) in [6.07, 6.45) is 4.73. The molecule has 0 bridgehead atoms. The monoisotopic (exact) mass is 336 g/mol. The molecule has 0 atom stereocenters. The molecule has 1 aliphatic heterocycles. The molecule has 3 aromatic rings. The largest absolute Gasteiger partial charge is 0.353 e. The number of anilines is 1. The number of amides is 1. The first kappa shape index (κ1) is 15.2. The molecule has 1 amide bonds. The van der Waals surface area contributed by atoms with Crippen LogP contribution in [-0.4, -0.2) is 66.9 Å². The lowest BCUT2D eigenvalue weighted by Gasteiger charge is -2.35. The summed E-state index contributed by atoms with van der Waals surface area (Å²) < 4.78 is 1.49. The number of aromatic nitrogens is 6. The third-order valence-electron chi connectivity index (χ3n) is 4.06. The van der Waals surface area contributed by atoms with Gasteiger partial charge in [-0.15, -0.1) is 10.2 Å². The lowest BCUT2D eigenvalue weighted by molar-refractivity contribution is 0.0739. The van der Waals surface area contributed by atoms with Crippen molar-refractivity contribution >= 4 is 11.7 Å². The Hall–Kier alpha value is -3.36. The molecular formula is C16H16N8O. The van der Waals surface area contributed by atoms with E-state index in [2.05, 4.69) is 30.2 Å². The van der Waals surface area contributed by atoms with Gasteiger partial charge in [-0.05, 0) is 24.3 Å². The standard InChI is InChI=1S/C16H16N8O/c25-16(13-4-5-15(21-20-13)24-12-17-11-19-24)23-9-7-22(8-10-23)14-3-1-2-6-18-14/h1-6,11-12H,7-10H2. The van der Waals surface area contributed by atoms with E-state index in [4.69, 9.17) is 0 Å².